The smallest absolute Gasteiger partial charge is 0.234 e. The van der Waals surface area contributed by atoms with Crippen LogP contribution in [0, 0.1) is 13.8 Å². The molecule has 2 aromatic heterocycles. The van der Waals surface area contributed by atoms with Gasteiger partial charge in [-0.1, -0.05) is 50.5 Å². The first-order chi connectivity index (χ1) is 11.6. The summed E-state index contributed by atoms with van der Waals surface area (Å²) in [4.78, 5) is 9.26. The van der Waals surface area contributed by atoms with E-state index in [2.05, 4.69) is 65.2 Å². The Morgan fingerprint density at radius 1 is 1.00 bits per heavy atom. The molecule has 0 N–H and O–H groups in total. The van der Waals surface area contributed by atoms with Crippen molar-refractivity contribution in [3.63, 3.8) is 0 Å². The quantitative estimate of drug-likeness (QED) is 0.494. The molecule has 3 rings (SSSR count). The van der Waals surface area contributed by atoms with Crippen molar-refractivity contribution < 1.29 is 0 Å². The number of nitrogens with zero attached hydrogens (tertiary/aromatic N) is 3. The minimum Gasteiger partial charge on any atom is -0.287 e. The number of hydrogen-bond donors (Lipinski definition) is 0. The summed E-state index contributed by atoms with van der Waals surface area (Å²) < 4.78 is 3.09. The van der Waals surface area contributed by atoms with Crippen molar-refractivity contribution in [1.82, 2.24) is 14.4 Å². The molecule has 0 radical (unpaired) electrons. The van der Waals surface area contributed by atoms with Crippen molar-refractivity contribution >= 4 is 21.7 Å². The molecule has 2 heterocycles. The van der Waals surface area contributed by atoms with Gasteiger partial charge in [0.25, 0.3) is 0 Å². The zero-order valence-corrected chi connectivity index (χ0v) is 16.2. The maximum atomic E-state index is 4.69. The maximum Gasteiger partial charge on any atom is 0.234 e. The minimum atomic E-state index is 0.756. The third-order valence-electron chi connectivity index (χ3n) is 4.52. The van der Waals surface area contributed by atoms with Gasteiger partial charge in [0.2, 0.25) is 5.78 Å². The van der Waals surface area contributed by atoms with E-state index in [0.29, 0.717) is 0 Å². The SMILES string of the molecule is CCCCCCc1ccc(-c2cn3c(C)c(Br)c(C)nc3n2)cc1. The number of benzene rings is 1. The van der Waals surface area contributed by atoms with Gasteiger partial charge in [0.05, 0.1) is 15.9 Å². The summed E-state index contributed by atoms with van der Waals surface area (Å²) in [5.41, 5.74) is 5.63. The van der Waals surface area contributed by atoms with Crippen molar-refractivity contribution in [2.24, 2.45) is 0 Å². The molecule has 0 fully saturated rings. The average Bonchev–Trinajstić information content (AvgIpc) is 3.01. The van der Waals surface area contributed by atoms with Crippen molar-refractivity contribution in [3.05, 3.63) is 51.9 Å². The van der Waals surface area contributed by atoms with E-state index in [9.17, 15) is 0 Å². The van der Waals surface area contributed by atoms with E-state index in [-0.39, 0.29) is 0 Å². The molecule has 0 saturated heterocycles. The third-order valence-corrected chi connectivity index (χ3v) is 5.67. The van der Waals surface area contributed by atoms with E-state index < -0.39 is 0 Å². The summed E-state index contributed by atoms with van der Waals surface area (Å²) in [6.45, 7) is 6.33. The second kappa shape index (κ2) is 7.47. The maximum absolute atomic E-state index is 4.69. The summed E-state index contributed by atoms with van der Waals surface area (Å²) in [7, 11) is 0. The number of halogens is 1. The normalized spacial score (nSPS) is 11.3. The van der Waals surface area contributed by atoms with Gasteiger partial charge in [-0.3, -0.25) is 4.40 Å². The lowest BCUT2D eigenvalue weighted by Gasteiger charge is -2.04. The lowest BCUT2D eigenvalue weighted by atomic mass is 10.0. The van der Waals surface area contributed by atoms with E-state index >= 15 is 0 Å². The average molecular weight is 386 g/mol. The predicted octanol–water partition coefficient (Wildman–Crippen LogP) is 5.90. The number of imidazole rings is 1. The Hall–Kier alpha value is -1.68. The number of rotatable bonds is 6. The largest absolute Gasteiger partial charge is 0.287 e. The molecule has 0 saturated carbocycles. The number of unbranched alkanes of at least 4 members (excludes halogenated alkanes) is 3. The Balaban J connectivity index is 1.81. The summed E-state index contributed by atoms with van der Waals surface area (Å²) >= 11 is 3.60. The Kier molecular flexibility index (Phi) is 5.34. The van der Waals surface area contributed by atoms with Crippen LogP contribution in [0.15, 0.2) is 34.9 Å². The fourth-order valence-electron chi connectivity index (χ4n) is 3.00. The van der Waals surface area contributed by atoms with Crippen LogP contribution >= 0.6 is 15.9 Å². The number of hydrogen-bond acceptors (Lipinski definition) is 2. The van der Waals surface area contributed by atoms with Crippen molar-refractivity contribution in [2.45, 2.75) is 52.9 Å². The number of aryl methyl sites for hydroxylation is 3. The molecular weight excluding hydrogens is 362 g/mol. The van der Waals surface area contributed by atoms with Crippen LogP contribution in [0.25, 0.3) is 17.0 Å². The van der Waals surface area contributed by atoms with Crippen LogP contribution < -0.4 is 0 Å². The van der Waals surface area contributed by atoms with Gasteiger partial charge in [0, 0.05) is 17.5 Å². The Morgan fingerprint density at radius 3 is 2.46 bits per heavy atom. The summed E-state index contributed by atoms with van der Waals surface area (Å²) in [6, 6.07) is 8.81. The van der Waals surface area contributed by atoms with Crippen molar-refractivity contribution in [2.75, 3.05) is 0 Å². The van der Waals surface area contributed by atoms with Crippen LogP contribution in [0.4, 0.5) is 0 Å². The molecule has 0 bridgehead atoms. The summed E-state index contributed by atoms with van der Waals surface area (Å²) in [6.07, 6.45) is 8.45. The van der Waals surface area contributed by atoms with Gasteiger partial charge in [0.15, 0.2) is 0 Å². The molecular formula is C20H24BrN3. The van der Waals surface area contributed by atoms with Gasteiger partial charge in [-0.15, -0.1) is 0 Å². The van der Waals surface area contributed by atoms with Crippen LogP contribution in [0.1, 0.15) is 49.6 Å². The molecule has 0 unspecified atom stereocenters. The molecule has 0 spiro atoms. The first-order valence-electron chi connectivity index (χ1n) is 8.71. The van der Waals surface area contributed by atoms with Gasteiger partial charge in [-0.2, -0.15) is 0 Å². The van der Waals surface area contributed by atoms with Gasteiger partial charge >= 0.3 is 0 Å². The molecule has 24 heavy (non-hydrogen) atoms. The van der Waals surface area contributed by atoms with E-state index in [1.165, 1.54) is 31.2 Å². The molecule has 3 nitrogen and oxygen atoms in total. The molecule has 126 valence electrons. The highest BCUT2D eigenvalue weighted by Crippen LogP contribution is 2.24. The second-order valence-corrected chi connectivity index (χ2v) is 7.19. The molecule has 0 atom stereocenters. The highest BCUT2D eigenvalue weighted by molar-refractivity contribution is 9.10. The minimum absolute atomic E-state index is 0.756. The molecule has 3 aromatic rings. The van der Waals surface area contributed by atoms with Gasteiger partial charge in [-0.05, 0) is 48.2 Å². The van der Waals surface area contributed by atoms with Crippen molar-refractivity contribution in [1.29, 1.82) is 0 Å². The third kappa shape index (κ3) is 3.54. The fraction of sp³-hybridized carbons (Fsp3) is 0.400. The summed E-state index contributed by atoms with van der Waals surface area (Å²) in [5.74, 6) is 0.756. The Bertz CT molecular complexity index is 834. The fourth-order valence-corrected chi connectivity index (χ4v) is 3.28. The Morgan fingerprint density at radius 2 is 1.75 bits per heavy atom. The first-order valence-corrected chi connectivity index (χ1v) is 9.50. The molecule has 4 heteroatoms. The highest BCUT2D eigenvalue weighted by Gasteiger charge is 2.11. The Labute approximate surface area is 152 Å². The molecule has 1 aromatic carbocycles. The molecule has 0 aliphatic carbocycles. The molecule has 0 aliphatic heterocycles. The van der Waals surface area contributed by atoms with Gasteiger partial charge < -0.3 is 0 Å². The van der Waals surface area contributed by atoms with E-state index in [1.807, 2.05) is 11.3 Å². The van der Waals surface area contributed by atoms with Crippen LogP contribution in [0.2, 0.25) is 0 Å². The van der Waals surface area contributed by atoms with Crippen LogP contribution in [0.3, 0.4) is 0 Å². The van der Waals surface area contributed by atoms with Gasteiger partial charge in [-0.25, -0.2) is 9.97 Å². The molecule has 0 aliphatic rings. The predicted molar refractivity (Wildman–Crippen MR) is 103 cm³/mol. The van der Waals surface area contributed by atoms with E-state index in [1.54, 1.807) is 0 Å². The highest BCUT2D eigenvalue weighted by atomic mass is 79.9. The van der Waals surface area contributed by atoms with Crippen LogP contribution in [-0.4, -0.2) is 14.4 Å². The van der Waals surface area contributed by atoms with Crippen LogP contribution in [-0.2, 0) is 6.42 Å². The van der Waals surface area contributed by atoms with Crippen LogP contribution in [0.5, 0.6) is 0 Å². The lowest BCUT2D eigenvalue weighted by Crippen LogP contribution is -1.97. The van der Waals surface area contributed by atoms with E-state index in [0.717, 1.165) is 39.3 Å². The van der Waals surface area contributed by atoms with Crippen molar-refractivity contribution in [3.8, 4) is 11.3 Å². The van der Waals surface area contributed by atoms with Gasteiger partial charge in [0.1, 0.15) is 0 Å². The lowest BCUT2D eigenvalue weighted by molar-refractivity contribution is 0.667. The van der Waals surface area contributed by atoms with E-state index in [4.69, 9.17) is 4.98 Å². The first kappa shape index (κ1) is 17.2. The molecule has 0 amide bonds. The zero-order chi connectivity index (χ0) is 17.1. The number of fused-ring (bicyclic) bond motifs is 1. The second-order valence-electron chi connectivity index (χ2n) is 6.40. The topological polar surface area (TPSA) is 30.2 Å². The summed E-state index contributed by atoms with van der Waals surface area (Å²) in [5, 5.41) is 0. The standard InChI is InChI=1S/C20H24BrN3/c1-4-5-6-7-8-16-9-11-17(12-10-16)18-13-24-15(3)19(21)14(2)22-20(24)23-18/h9-13H,4-8H2,1-3H3. The monoisotopic (exact) mass is 385 g/mol. The zero-order valence-electron chi connectivity index (χ0n) is 14.6. The number of aromatic nitrogens is 3.